The maximum atomic E-state index is 5.90. The third-order valence-corrected chi connectivity index (χ3v) is 3.47. The van der Waals surface area contributed by atoms with Crippen LogP contribution in [-0.2, 0) is 6.61 Å². The number of aryl methyl sites for hydroxylation is 3. The van der Waals surface area contributed by atoms with Gasteiger partial charge in [0, 0.05) is 0 Å². The molecule has 0 N–H and O–H groups in total. The summed E-state index contributed by atoms with van der Waals surface area (Å²) in [6.45, 7) is 6.85. The van der Waals surface area contributed by atoms with Crippen molar-refractivity contribution in [3.05, 3.63) is 63.1 Å². The Morgan fingerprint density at radius 2 is 1.61 bits per heavy atom. The lowest BCUT2D eigenvalue weighted by molar-refractivity contribution is 0.302. The highest BCUT2D eigenvalue weighted by Crippen LogP contribution is 2.30. The Bertz CT molecular complexity index is 521. The van der Waals surface area contributed by atoms with E-state index in [1.165, 1.54) is 16.7 Å². The molecule has 0 amide bonds. The second-order valence-corrected chi connectivity index (χ2v) is 5.52. The van der Waals surface area contributed by atoms with Gasteiger partial charge < -0.3 is 4.74 Å². The minimum absolute atomic E-state index is 0.600. The van der Waals surface area contributed by atoms with E-state index in [2.05, 4.69) is 73.1 Å². The van der Waals surface area contributed by atoms with Crippen LogP contribution in [0.3, 0.4) is 0 Å². The third-order valence-electron chi connectivity index (χ3n) is 2.88. The second-order valence-electron chi connectivity index (χ2n) is 4.67. The molecule has 0 aliphatic heterocycles. The third kappa shape index (κ3) is 3.14. The maximum absolute atomic E-state index is 5.90. The maximum Gasteiger partial charge on any atom is 0.136 e. The Morgan fingerprint density at radius 3 is 2.22 bits per heavy atom. The summed E-state index contributed by atoms with van der Waals surface area (Å²) in [6.07, 6.45) is 0. The minimum atomic E-state index is 0.600. The quantitative estimate of drug-likeness (QED) is 0.779. The van der Waals surface area contributed by atoms with Crippen LogP contribution in [0.1, 0.15) is 22.3 Å². The Kier molecular flexibility index (Phi) is 4.07. The van der Waals surface area contributed by atoms with E-state index in [0.717, 1.165) is 15.8 Å². The molecule has 0 aliphatic carbocycles. The van der Waals surface area contributed by atoms with Crippen molar-refractivity contribution in [2.45, 2.75) is 27.4 Å². The Morgan fingerprint density at radius 1 is 0.944 bits per heavy atom. The summed E-state index contributed by atoms with van der Waals surface area (Å²) in [5, 5.41) is 0. The van der Waals surface area contributed by atoms with Crippen molar-refractivity contribution in [3.63, 3.8) is 0 Å². The topological polar surface area (TPSA) is 9.23 Å². The average molecular weight is 305 g/mol. The first kappa shape index (κ1) is 13.2. The molecule has 0 saturated carbocycles. The van der Waals surface area contributed by atoms with Gasteiger partial charge in [0.15, 0.2) is 0 Å². The molecule has 0 aromatic heterocycles. The van der Waals surface area contributed by atoms with Crippen LogP contribution < -0.4 is 4.74 Å². The monoisotopic (exact) mass is 304 g/mol. The molecule has 2 aromatic carbocycles. The van der Waals surface area contributed by atoms with Crippen molar-refractivity contribution in [1.29, 1.82) is 0 Å². The smallest absolute Gasteiger partial charge is 0.136 e. The molecule has 2 heteroatoms. The molecule has 0 bridgehead atoms. The van der Waals surface area contributed by atoms with Gasteiger partial charge in [-0.3, -0.25) is 0 Å². The minimum Gasteiger partial charge on any atom is -0.487 e. The molecule has 0 fully saturated rings. The van der Waals surface area contributed by atoms with E-state index in [1.807, 2.05) is 0 Å². The van der Waals surface area contributed by atoms with Crippen LogP contribution in [0.15, 0.2) is 40.9 Å². The summed E-state index contributed by atoms with van der Waals surface area (Å²) in [6, 6.07) is 12.6. The molecule has 94 valence electrons. The van der Waals surface area contributed by atoms with Crippen LogP contribution in [0, 0.1) is 20.8 Å². The van der Waals surface area contributed by atoms with E-state index in [4.69, 9.17) is 4.74 Å². The molecule has 0 radical (unpaired) electrons. The highest BCUT2D eigenvalue weighted by atomic mass is 79.9. The lowest BCUT2D eigenvalue weighted by Gasteiger charge is -2.12. The van der Waals surface area contributed by atoms with Gasteiger partial charge in [-0.2, -0.15) is 0 Å². The fraction of sp³-hybridized carbons (Fsp3) is 0.250. The molecular weight excluding hydrogens is 288 g/mol. The fourth-order valence-electron chi connectivity index (χ4n) is 1.93. The Labute approximate surface area is 117 Å². The molecule has 1 nitrogen and oxygen atoms in total. The van der Waals surface area contributed by atoms with E-state index >= 15 is 0 Å². The van der Waals surface area contributed by atoms with E-state index in [0.29, 0.717) is 6.61 Å². The molecule has 2 aromatic rings. The molecule has 18 heavy (non-hydrogen) atoms. The van der Waals surface area contributed by atoms with E-state index in [9.17, 15) is 0 Å². The van der Waals surface area contributed by atoms with Crippen LogP contribution in [-0.4, -0.2) is 0 Å². The predicted octanol–water partition coefficient (Wildman–Crippen LogP) is 4.95. The van der Waals surface area contributed by atoms with E-state index in [1.54, 1.807) is 0 Å². The molecule has 0 aliphatic rings. The summed E-state index contributed by atoms with van der Waals surface area (Å²) in [5.41, 5.74) is 4.86. The van der Waals surface area contributed by atoms with Crippen LogP contribution in [0.4, 0.5) is 0 Å². The number of hydrogen-bond donors (Lipinski definition) is 0. The fourth-order valence-corrected chi connectivity index (χ4v) is 2.71. The van der Waals surface area contributed by atoms with Crippen molar-refractivity contribution < 1.29 is 4.74 Å². The van der Waals surface area contributed by atoms with Gasteiger partial charge in [-0.25, -0.2) is 0 Å². The van der Waals surface area contributed by atoms with Gasteiger partial charge in [-0.1, -0.05) is 35.9 Å². The number of rotatable bonds is 3. The van der Waals surface area contributed by atoms with Crippen molar-refractivity contribution >= 4 is 15.9 Å². The molecule has 0 unspecified atom stereocenters. The molecular formula is C16H17BrO. The van der Waals surface area contributed by atoms with Gasteiger partial charge in [0.2, 0.25) is 0 Å². The number of benzene rings is 2. The number of hydrogen-bond acceptors (Lipinski definition) is 1. The van der Waals surface area contributed by atoms with Crippen LogP contribution in [0.5, 0.6) is 5.75 Å². The van der Waals surface area contributed by atoms with Gasteiger partial charge in [0.25, 0.3) is 0 Å². The second kappa shape index (κ2) is 5.57. The zero-order valence-corrected chi connectivity index (χ0v) is 12.5. The van der Waals surface area contributed by atoms with E-state index in [-0.39, 0.29) is 0 Å². The summed E-state index contributed by atoms with van der Waals surface area (Å²) in [7, 11) is 0. The molecule has 0 atom stereocenters. The Hall–Kier alpha value is -1.28. The SMILES string of the molecule is Cc1ccc(COc2c(C)cc(C)cc2Br)cc1. The number of ether oxygens (including phenoxy) is 1. The average Bonchev–Trinajstić information content (AvgIpc) is 2.30. The van der Waals surface area contributed by atoms with Crippen LogP contribution >= 0.6 is 15.9 Å². The zero-order valence-electron chi connectivity index (χ0n) is 11.0. The highest BCUT2D eigenvalue weighted by molar-refractivity contribution is 9.10. The van der Waals surface area contributed by atoms with Crippen molar-refractivity contribution in [2.75, 3.05) is 0 Å². The highest BCUT2D eigenvalue weighted by Gasteiger charge is 2.06. The summed E-state index contributed by atoms with van der Waals surface area (Å²) < 4.78 is 6.92. The molecule has 0 heterocycles. The first-order valence-electron chi connectivity index (χ1n) is 6.01. The van der Waals surface area contributed by atoms with Crippen LogP contribution in [0.25, 0.3) is 0 Å². The molecule has 0 spiro atoms. The summed E-state index contributed by atoms with van der Waals surface area (Å²) >= 11 is 3.56. The largest absolute Gasteiger partial charge is 0.487 e. The summed E-state index contributed by atoms with van der Waals surface area (Å²) in [4.78, 5) is 0. The zero-order chi connectivity index (χ0) is 13.1. The van der Waals surface area contributed by atoms with Crippen molar-refractivity contribution in [1.82, 2.24) is 0 Å². The molecule has 2 rings (SSSR count). The first-order valence-corrected chi connectivity index (χ1v) is 6.80. The lowest BCUT2D eigenvalue weighted by Crippen LogP contribution is -1.98. The standard InChI is InChI=1S/C16H17BrO/c1-11-4-6-14(7-5-11)10-18-16-13(3)8-12(2)9-15(16)17/h4-9H,10H2,1-3H3. The van der Waals surface area contributed by atoms with Gasteiger partial charge >= 0.3 is 0 Å². The number of halogens is 1. The van der Waals surface area contributed by atoms with Gasteiger partial charge in [-0.05, 0) is 59.5 Å². The Balaban J connectivity index is 2.13. The van der Waals surface area contributed by atoms with Crippen molar-refractivity contribution in [3.8, 4) is 5.75 Å². The van der Waals surface area contributed by atoms with Gasteiger partial charge in [-0.15, -0.1) is 0 Å². The van der Waals surface area contributed by atoms with Crippen LogP contribution in [0.2, 0.25) is 0 Å². The lowest BCUT2D eigenvalue weighted by atomic mass is 10.1. The molecule has 0 saturated heterocycles. The predicted molar refractivity (Wildman–Crippen MR) is 79.1 cm³/mol. The first-order chi connectivity index (χ1) is 8.56. The van der Waals surface area contributed by atoms with Crippen molar-refractivity contribution in [2.24, 2.45) is 0 Å². The van der Waals surface area contributed by atoms with Gasteiger partial charge in [0.1, 0.15) is 12.4 Å². The van der Waals surface area contributed by atoms with E-state index < -0.39 is 0 Å². The summed E-state index contributed by atoms with van der Waals surface area (Å²) in [5.74, 6) is 0.932. The normalized spacial score (nSPS) is 10.4. The van der Waals surface area contributed by atoms with Gasteiger partial charge in [0.05, 0.1) is 4.47 Å².